The Labute approximate surface area is 123 Å². The highest BCUT2D eigenvalue weighted by molar-refractivity contribution is 5.92. The highest BCUT2D eigenvalue weighted by atomic mass is 16.8. The van der Waals surface area contributed by atoms with Gasteiger partial charge >= 0.3 is 0 Å². The van der Waals surface area contributed by atoms with E-state index in [0.717, 1.165) is 10.1 Å². The minimum atomic E-state index is -0.330. The molecule has 2 aromatic carbocycles. The van der Waals surface area contributed by atoms with Crippen molar-refractivity contribution in [2.75, 3.05) is 10.1 Å². The first kappa shape index (κ1) is 14.7. The summed E-state index contributed by atoms with van der Waals surface area (Å²) in [7, 11) is 0. The van der Waals surface area contributed by atoms with Crippen LogP contribution in [0.1, 0.15) is 13.8 Å². The topological polar surface area (TPSA) is 49.9 Å². The van der Waals surface area contributed by atoms with Crippen LogP contribution >= 0.6 is 0 Å². The van der Waals surface area contributed by atoms with Crippen molar-refractivity contribution in [3.63, 3.8) is 0 Å². The molecule has 0 saturated heterocycles. The molecule has 108 valence electrons. The summed E-state index contributed by atoms with van der Waals surface area (Å²) in [5.41, 5.74) is 1.10. The van der Waals surface area contributed by atoms with E-state index in [4.69, 9.17) is 4.94 Å². The Kier molecular flexibility index (Phi) is 4.68. The molecule has 0 aliphatic carbocycles. The quantitative estimate of drug-likeness (QED) is 0.811. The maximum Gasteiger partial charge on any atom is 0.249 e. The molecule has 2 amide bonds. The van der Waals surface area contributed by atoms with Crippen LogP contribution in [0.4, 0.5) is 11.4 Å². The molecule has 0 aliphatic heterocycles. The van der Waals surface area contributed by atoms with Crippen molar-refractivity contribution in [2.24, 2.45) is 0 Å². The molecule has 21 heavy (non-hydrogen) atoms. The van der Waals surface area contributed by atoms with Gasteiger partial charge in [0.2, 0.25) is 11.8 Å². The van der Waals surface area contributed by atoms with Gasteiger partial charge in [0, 0.05) is 13.8 Å². The van der Waals surface area contributed by atoms with Gasteiger partial charge in [0.1, 0.15) is 0 Å². The first-order valence-electron chi connectivity index (χ1n) is 6.49. The summed E-state index contributed by atoms with van der Waals surface area (Å²) >= 11 is 0. The molecule has 2 rings (SSSR count). The lowest BCUT2D eigenvalue weighted by Gasteiger charge is -2.27. The van der Waals surface area contributed by atoms with Crippen molar-refractivity contribution in [2.45, 2.75) is 13.8 Å². The summed E-state index contributed by atoms with van der Waals surface area (Å²) in [5.74, 6) is -0.660. The van der Waals surface area contributed by atoms with Crippen LogP contribution in [-0.2, 0) is 14.5 Å². The minimum absolute atomic E-state index is 0.330. The van der Waals surface area contributed by atoms with Crippen molar-refractivity contribution >= 4 is 23.2 Å². The van der Waals surface area contributed by atoms with Crippen LogP contribution < -0.4 is 10.1 Å². The summed E-state index contributed by atoms with van der Waals surface area (Å²) in [6.07, 6.45) is 0. The Morgan fingerprint density at radius 3 is 1.33 bits per heavy atom. The molecule has 0 aromatic heterocycles. The van der Waals surface area contributed by atoms with E-state index < -0.39 is 0 Å². The Hall–Kier alpha value is -2.66. The van der Waals surface area contributed by atoms with Crippen molar-refractivity contribution < 1.29 is 14.5 Å². The van der Waals surface area contributed by atoms with Gasteiger partial charge in [-0.1, -0.05) is 36.4 Å². The number of amides is 2. The number of para-hydroxylation sites is 2. The van der Waals surface area contributed by atoms with Gasteiger partial charge in [0.15, 0.2) is 0 Å². The molecule has 0 heterocycles. The molecular formula is C16H16N2O3. The first-order valence-corrected chi connectivity index (χ1v) is 6.49. The largest absolute Gasteiger partial charge is 0.272 e. The lowest BCUT2D eigenvalue weighted by molar-refractivity contribution is -0.131. The fraction of sp³-hybridized carbons (Fsp3) is 0.125. The Balaban J connectivity index is 2.30. The number of rotatable bonds is 4. The molecule has 0 N–H and O–H groups in total. The average Bonchev–Trinajstić information content (AvgIpc) is 2.49. The van der Waals surface area contributed by atoms with Crippen LogP contribution in [0.25, 0.3) is 0 Å². The van der Waals surface area contributed by atoms with Gasteiger partial charge < -0.3 is 0 Å². The highest BCUT2D eigenvalue weighted by Crippen LogP contribution is 2.20. The number of nitrogens with zero attached hydrogens (tertiary/aromatic N) is 2. The summed E-state index contributed by atoms with van der Waals surface area (Å²) in [6.45, 7) is 2.74. The fourth-order valence-corrected chi connectivity index (χ4v) is 1.78. The number of benzene rings is 2. The number of carbonyl (C=O) groups excluding carboxylic acids is 2. The van der Waals surface area contributed by atoms with Gasteiger partial charge in [-0.15, -0.1) is 4.94 Å². The summed E-state index contributed by atoms with van der Waals surface area (Å²) in [5, 5.41) is 2.16. The smallest absolute Gasteiger partial charge is 0.249 e. The van der Waals surface area contributed by atoms with E-state index in [1.165, 1.54) is 13.8 Å². The fourth-order valence-electron chi connectivity index (χ4n) is 1.78. The number of hydrogen-bond donors (Lipinski definition) is 0. The Morgan fingerprint density at radius 2 is 1.05 bits per heavy atom. The van der Waals surface area contributed by atoms with E-state index in [-0.39, 0.29) is 11.8 Å². The lowest BCUT2D eigenvalue weighted by Crippen LogP contribution is -2.40. The van der Waals surface area contributed by atoms with Crippen LogP contribution in [0, 0.1) is 0 Å². The van der Waals surface area contributed by atoms with Gasteiger partial charge in [-0.3, -0.25) is 9.59 Å². The van der Waals surface area contributed by atoms with E-state index in [1.807, 2.05) is 12.1 Å². The van der Waals surface area contributed by atoms with E-state index in [1.54, 1.807) is 48.5 Å². The van der Waals surface area contributed by atoms with Gasteiger partial charge in [-0.05, 0) is 24.3 Å². The van der Waals surface area contributed by atoms with Gasteiger partial charge in [0.05, 0.1) is 11.4 Å². The third-order valence-corrected chi connectivity index (χ3v) is 2.72. The zero-order valence-electron chi connectivity index (χ0n) is 11.9. The molecule has 0 saturated carbocycles. The standard InChI is InChI=1S/C16H16N2O3/c1-13(19)17(15-9-5-3-6-10-15)21-18(14(2)20)16-11-7-4-8-12-16/h3-12H,1-2H3. The zero-order valence-corrected chi connectivity index (χ0v) is 11.9. The molecule has 2 aromatic rings. The highest BCUT2D eigenvalue weighted by Gasteiger charge is 2.21. The van der Waals surface area contributed by atoms with Crippen molar-refractivity contribution in [3.05, 3.63) is 60.7 Å². The van der Waals surface area contributed by atoms with Crippen LogP contribution in [-0.4, -0.2) is 11.8 Å². The van der Waals surface area contributed by atoms with Crippen LogP contribution in [0.15, 0.2) is 60.7 Å². The van der Waals surface area contributed by atoms with Gasteiger partial charge in [0.25, 0.3) is 0 Å². The second-order valence-corrected chi connectivity index (χ2v) is 4.38. The molecule has 0 spiro atoms. The van der Waals surface area contributed by atoms with Crippen molar-refractivity contribution in [1.29, 1.82) is 0 Å². The summed E-state index contributed by atoms with van der Waals surface area (Å²) < 4.78 is 0. The minimum Gasteiger partial charge on any atom is -0.272 e. The molecule has 0 fully saturated rings. The van der Waals surface area contributed by atoms with E-state index >= 15 is 0 Å². The van der Waals surface area contributed by atoms with Gasteiger partial charge in [-0.2, -0.15) is 10.1 Å². The lowest BCUT2D eigenvalue weighted by atomic mass is 10.3. The molecule has 0 atom stereocenters. The number of carbonyl (C=O) groups is 2. The van der Waals surface area contributed by atoms with E-state index in [2.05, 4.69) is 0 Å². The molecule has 0 aliphatic rings. The SMILES string of the molecule is CC(=O)N(ON(C(C)=O)c1ccccc1)c1ccccc1. The Morgan fingerprint density at radius 1 is 0.714 bits per heavy atom. The number of hydroxylamine groups is 2. The second kappa shape index (κ2) is 6.67. The molecule has 0 unspecified atom stereocenters. The van der Waals surface area contributed by atoms with Crippen LogP contribution in [0.3, 0.4) is 0 Å². The third-order valence-electron chi connectivity index (χ3n) is 2.72. The van der Waals surface area contributed by atoms with Crippen molar-refractivity contribution in [3.8, 4) is 0 Å². The molecule has 5 heteroatoms. The predicted octanol–water partition coefficient (Wildman–Crippen LogP) is 2.94. The third kappa shape index (κ3) is 3.67. The van der Waals surface area contributed by atoms with Crippen LogP contribution in [0.2, 0.25) is 0 Å². The average molecular weight is 284 g/mol. The normalized spacial score (nSPS) is 10.0. The van der Waals surface area contributed by atoms with E-state index in [9.17, 15) is 9.59 Å². The van der Waals surface area contributed by atoms with E-state index in [0.29, 0.717) is 11.4 Å². The predicted molar refractivity (Wildman–Crippen MR) is 80.3 cm³/mol. The Bertz CT molecular complexity index is 558. The number of anilines is 2. The molecule has 0 radical (unpaired) electrons. The zero-order chi connectivity index (χ0) is 15.2. The molecule has 0 bridgehead atoms. The summed E-state index contributed by atoms with van der Waals surface area (Å²) in [4.78, 5) is 29.1. The summed E-state index contributed by atoms with van der Waals surface area (Å²) in [6, 6.07) is 17.7. The van der Waals surface area contributed by atoms with Gasteiger partial charge in [-0.25, -0.2) is 0 Å². The number of hydrogen-bond acceptors (Lipinski definition) is 3. The molecular weight excluding hydrogens is 268 g/mol. The monoisotopic (exact) mass is 284 g/mol. The van der Waals surface area contributed by atoms with Crippen LogP contribution in [0.5, 0.6) is 0 Å². The maximum absolute atomic E-state index is 11.8. The second-order valence-electron chi connectivity index (χ2n) is 4.38. The molecule has 5 nitrogen and oxygen atoms in total. The van der Waals surface area contributed by atoms with Crippen molar-refractivity contribution in [1.82, 2.24) is 0 Å². The maximum atomic E-state index is 11.8. The first-order chi connectivity index (χ1) is 10.1.